The standard InChI is InChI=1S/C17H17NO.C16H16O.C15H10FNO2.C14H11F.C12H15F.C12H17F.C12H12O.C10H13F.C9H10O2/c1-12(2)13-7-9-15(10-8-13)18-11-14-5-3-4-6-16(14)17(18)19;1-12(2)14-9-6-10-15(11-14)16(17)13-7-4-3-5-8-13;16-13(10-6-2-1-3-7-10)17-14(18)11-8-4-5-9-12(11)15(17)19;1-2-6-14(15)13-10-5-8-11-7-3-4-9-12(11)13;13-12(11-8-4-5-9-11)10-6-2-1-3-7-10;1-9(2)8-11-4-6-12(7-5-11)10(3)13;1-2-13-12-9-5-7-10-6-3-4-8-11(10)12;1-2-6-10(11)9-7-4-3-5-8-9;1-7-6-10-8-4-2-3-5-9(8)11-7/h3-10,12H,11H2,1-2H3;3-12H,1-2H3;1-9,13H;1,3-5,7-10,14H,6H2;1-3,6-7,11-12H,4-5,8-9H2;4-7,9-10H,8H2,1-3H3;3-9H,2H2,1H3;3-5,7-8,10H,2,6H2,1H3;2-5,7H,6H2,1H3. The molecule has 1 aliphatic carbocycles. The molecule has 9 nitrogen and oxygen atoms in total. The number of rotatable bonds is 19. The highest BCUT2D eigenvalue weighted by Crippen LogP contribution is 2.40. The molecule has 131 heavy (non-hydrogen) atoms. The predicted molar refractivity (Wildman–Crippen MR) is 525 cm³/mol. The predicted octanol–water partition coefficient (Wildman–Crippen LogP) is 31.2. The van der Waals surface area contributed by atoms with E-state index in [1.54, 1.807) is 55.5 Å². The SMILES string of the molecule is C#CCC(F)c1cccc2ccccc12.CC(C)Cc1ccc(C(C)F)cc1.CC(C)c1ccc(N2Cc3ccccc3C2=O)cc1.CC(C)c1cccc(C(=O)c2ccccc2)c1.CC1COc2ccccc2O1.CCCC(F)c1ccccc1.CCOc1cccc2ccccc12.FC(c1ccccc1)C1CCCC1.O=C1c2ccccc2C(=O)N1C(F)c1ccccc1. The lowest BCUT2D eigenvalue weighted by molar-refractivity contribution is 0.0414. The highest BCUT2D eigenvalue weighted by Gasteiger charge is 2.41. The molecule has 0 spiro atoms. The zero-order valence-electron chi connectivity index (χ0n) is 76.8. The van der Waals surface area contributed by atoms with Gasteiger partial charge in [-0.3, -0.25) is 19.2 Å². The lowest BCUT2D eigenvalue weighted by Crippen LogP contribution is -2.31. The van der Waals surface area contributed by atoms with E-state index < -0.39 is 42.8 Å². The number of imide groups is 1. The van der Waals surface area contributed by atoms with Crippen LogP contribution in [0.3, 0.4) is 0 Å². The third-order valence-corrected chi connectivity index (χ3v) is 22.5. The van der Waals surface area contributed by atoms with Crippen molar-refractivity contribution in [1.82, 2.24) is 4.90 Å². The number of halogens is 5. The van der Waals surface area contributed by atoms with Crippen LogP contribution in [-0.2, 0) is 13.0 Å². The average molecular weight is 1760 g/mol. The fourth-order valence-corrected chi connectivity index (χ4v) is 15.4. The Bertz CT molecular complexity index is 5860. The normalized spacial score (nSPS) is 14.3. The zero-order chi connectivity index (χ0) is 93.6. The number of anilines is 1. The van der Waals surface area contributed by atoms with E-state index in [2.05, 4.69) is 83.9 Å². The molecule has 3 aliphatic heterocycles. The minimum Gasteiger partial charge on any atom is -0.493 e. The van der Waals surface area contributed by atoms with Crippen LogP contribution in [0.25, 0.3) is 21.5 Å². The summed E-state index contributed by atoms with van der Waals surface area (Å²) in [6, 6.07) is 110. The zero-order valence-corrected chi connectivity index (χ0v) is 76.8. The van der Waals surface area contributed by atoms with Gasteiger partial charge in [0.1, 0.15) is 43.1 Å². The number of ether oxygens (including phenoxy) is 3. The molecule has 0 aromatic heterocycles. The lowest BCUT2D eigenvalue weighted by Gasteiger charge is -2.23. The van der Waals surface area contributed by atoms with E-state index in [1.807, 2.05) is 280 Å². The smallest absolute Gasteiger partial charge is 0.264 e. The van der Waals surface area contributed by atoms with E-state index >= 15 is 0 Å². The molecule has 18 rings (SSSR count). The third-order valence-electron chi connectivity index (χ3n) is 22.5. The Morgan fingerprint density at radius 1 is 0.466 bits per heavy atom. The summed E-state index contributed by atoms with van der Waals surface area (Å²) in [4.78, 5) is 51.2. The molecule has 14 aromatic rings. The second-order valence-electron chi connectivity index (χ2n) is 33.6. The highest BCUT2D eigenvalue weighted by atomic mass is 19.2. The Morgan fingerprint density at radius 3 is 1.51 bits per heavy atom. The molecule has 3 amide bonds. The van der Waals surface area contributed by atoms with Gasteiger partial charge < -0.3 is 19.1 Å². The lowest BCUT2D eigenvalue weighted by atomic mass is 9.96. The van der Waals surface area contributed by atoms with Crippen molar-refractivity contribution in [3.63, 3.8) is 0 Å². The molecule has 4 aliphatic rings. The van der Waals surface area contributed by atoms with Crippen molar-refractivity contribution in [1.29, 1.82) is 0 Å². The van der Waals surface area contributed by atoms with Gasteiger partial charge in [-0.2, -0.15) is 0 Å². The third kappa shape index (κ3) is 29.2. The van der Waals surface area contributed by atoms with Gasteiger partial charge in [-0.1, -0.05) is 365 Å². The highest BCUT2D eigenvalue weighted by molar-refractivity contribution is 6.21. The van der Waals surface area contributed by atoms with Gasteiger partial charge in [-0.25, -0.2) is 26.9 Å². The van der Waals surface area contributed by atoms with Crippen LogP contribution in [0, 0.1) is 24.2 Å². The molecule has 3 heterocycles. The Labute approximate surface area is 771 Å². The molecule has 0 N–H and O–H groups in total. The molecule has 1 fully saturated rings. The number of ketones is 1. The number of carbonyl (C=O) groups excluding carboxylic acids is 4. The maximum absolute atomic E-state index is 14.4. The summed E-state index contributed by atoms with van der Waals surface area (Å²) in [5.41, 5.74) is 12.1. The van der Waals surface area contributed by atoms with Crippen LogP contribution in [-0.4, -0.2) is 47.7 Å². The summed E-state index contributed by atoms with van der Waals surface area (Å²) in [5.74, 6) is 5.96. The fourth-order valence-electron chi connectivity index (χ4n) is 15.4. The topological polar surface area (TPSA) is 102 Å². The largest absolute Gasteiger partial charge is 0.493 e. The Balaban J connectivity index is 0.000000154. The molecule has 14 heteroatoms. The fraction of sp³-hybridized carbons (Fsp3) is 0.265. The van der Waals surface area contributed by atoms with E-state index in [1.165, 1.54) is 52.4 Å². The van der Waals surface area contributed by atoms with Crippen LogP contribution < -0.4 is 19.1 Å². The number of hydrogen-bond donors (Lipinski definition) is 0. The number of carbonyl (C=O) groups is 4. The van der Waals surface area contributed by atoms with Crippen molar-refractivity contribution >= 4 is 50.7 Å². The monoisotopic (exact) mass is 1760 g/mol. The summed E-state index contributed by atoms with van der Waals surface area (Å²) in [5, 5.41) is 4.41. The van der Waals surface area contributed by atoms with Crippen molar-refractivity contribution in [2.24, 2.45) is 11.8 Å². The van der Waals surface area contributed by atoms with Gasteiger partial charge in [0.2, 0.25) is 6.30 Å². The minimum absolute atomic E-state index is 0.0908. The van der Waals surface area contributed by atoms with Gasteiger partial charge in [0.05, 0.1) is 24.3 Å². The van der Waals surface area contributed by atoms with Crippen LogP contribution in [0.2, 0.25) is 0 Å². The van der Waals surface area contributed by atoms with Gasteiger partial charge in [0.15, 0.2) is 17.3 Å². The molecular weight excluding hydrogens is 1640 g/mol. The van der Waals surface area contributed by atoms with E-state index in [0.29, 0.717) is 54.4 Å². The number of alkyl halides is 5. The number of fused-ring (bicyclic) bond motifs is 5. The van der Waals surface area contributed by atoms with Crippen LogP contribution in [0.4, 0.5) is 27.6 Å². The first-order chi connectivity index (χ1) is 63.5. The van der Waals surface area contributed by atoms with Crippen molar-refractivity contribution in [3.8, 4) is 29.6 Å². The summed E-state index contributed by atoms with van der Waals surface area (Å²) in [6.07, 6.45) is 7.38. The van der Waals surface area contributed by atoms with Gasteiger partial charge >= 0.3 is 0 Å². The summed E-state index contributed by atoms with van der Waals surface area (Å²) in [7, 11) is 0. The van der Waals surface area contributed by atoms with Gasteiger partial charge in [0.25, 0.3) is 17.7 Å². The molecule has 14 aromatic carbocycles. The van der Waals surface area contributed by atoms with Gasteiger partial charge in [-0.15, -0.1) is 12.3 Å². The van der Waals surface area contributed by atoms with Crippen LogP contribution in [0.15, 0.2) is 352 Å². The number of benzene rings is 14. The molecule has 0 radical (unpaired) electrons. The van der Waals surface area contributed by atoms with E-state index in [-0.39, 0.29) is 46.8 Å². The van der Waals surface area contributed by atoms with E-state index in [4.69, 9.17) is 20.6 Å². The first-order valence-electron chi connectivity index (χ1n) is 45.5. The molecule has 6 atom stereocenters. The maximum atomic E-state index is 14.4. The maximum Gasteiger partial charge on any atom is 0.264 e. The average Bonchev–Trinajstić information content (AvgIpc) is 1.61. The number of terminal acetylenes is 1. The quantitative estimate of drug-likeness (QED) is 0.0261. The number of nitrogens with zero attached hydrogens (tertiary/aromatic N) is 2. The van der Waals surface area contributed by atoms with Crippen molar-refractivity contribution in [2.75, 3.05) is 18.1 Å². The summed E-state index contributed by atoms with van der Waals surface area (Å²) < 4.78 is 84.4. The first-order valence-corrected chi connectivity index (χ1v) is 45.5. The van der Waals surface area contributed by atoms with E-state index in [9.17, 15) is 41.1 Å². The number of hydrogen-bond acceptors (Lipinski definition) is 7. The second-order valence-corrected chi connectivity index (χ2v) is 33.6. The Morgan fingerprint density at radius 2 is 0.947 bits per heavy atom. The van der Waals surface area contributed by atoms with Crippen molar-refractivity contribution in [2.45, 2.75) is 176 Å². The second kappa shape index (κ2) is 51.6. The summed E-state index contributed by atoms with van der Waals surface area (Å²) in [6.45, 7) is 22.6. The first kappa shape index (κ1) is 99.6. The molecular formula is C117H121F5N2O7. The van der Waals surface area contributed by atoms with Crippen molar-refractivity contribution < 1.29 is 55.3 Å². The van der Waals surface area contributed by atoms with Gasteiger partial charge in [0, 0.05) is 39.7 Å². The van der Waals surface area contributed by atoms with Crippen molar-refractivity contribution in [3.05, 3.63) is 430 Å². The minimum atomic E-state index is -1.76. The molecule has 0 saturated heterocycles. The van der Waals surface area contributed by atoms with Crippen LogP contribution in [0.1, 0.15) is 254 Å². The van der Waals surface area contributed by atoms with E-state index in [0.717, 1.165) is 98.3 Å². The Hall–Kier alpha value is -13.5. The number of para-hydroxylation sites is 2. The Kier molecular flexibility index (Phi) is 39.3. The molecule has 1 saturated carbocycles. The summed E-state index contributed by atoms with van der Waals surface area (Å²) >= 11 is 0. The number of amides is 3. The molecule has 6 unspecified atom stereocenters. The van der Waals surface area contributed by atoms with Crippen LogP contribution in [0.5, 0.6) is 17.2 Å². The molecule has 0 bridgehead atoms. The molecule has 676 valence electrons. The van der Waals surface area contributed by atoms with Crippen LogP contribution >= 0.6 is 0 Å². The van der Waals surface area contributed by atoms with Gasteiger partial charge in [-0.05, 0) is 185 Å².